The fourth-order valence-electron chi connectivity index (χ4n) is 2.97. The van der Waals surface area contributed by atoms with Gasteiger partial charge in [-0.3, -0.25) is 4.79 Å². The summed E-state index contributed by atoms with van der Waals surface area (Å²) in [7, 11) is 0. The molecule has 31 heavy (non-hydrogen) atoms. The van der Waals surface area contributed by atoms with Crippen molar-refractivity contribution in [1.82, 2.24) is 0 Å². The average molecular weight is 425 g/mol. The highest BCUT2D eigenvalue weighted by Gasteiger charge is 2.28. The Morgan fingerprint density at radius 1 is 0.903 bits per heavy atom. The number of aryl methyl sites for hydroxylation is 2. The highest BCUT2D eigenvalue weighted by atomic mass is 19.3. The van der Waals surface area contributed by atoms with E-state index in [9.17, 15) is 18.4 Å². The van der Waals surface area contributed by atoms with Crippen LogP contribution >= 0.6 is 0 Å². The fourth-order valence-corrected chi connectivity index (χ4v) is 2.97. The lowest BCUT2D eigenvalue weighted by Crippen LogP contribution is -2.26. The molecule has 0 saturated carbocycles. The molecule has 1 amide bonds. The van der Waals surface area contributed by atoms with E-state index in [4.69, 9.17) is 4.74 Å². The first-order chi connectivity index (χ1) is 14.8. The van der Waals surface area contributed by atoms with Crippen LogP contribution in [-0.2, 0) is 9.53 Å². The maximum atomic E-state index is 13.1. The topological polar surface area (TPSA) is 64.6 Å². The molecule has 0 radical (unpaired) electrons. The Morgan fingerprint density at radius 3 is 2.29 bits per heavy atom. The second kappa shape index (κ2) is 9.84. The Bertz CT molecular complexity index is 1070. The maximum Gasteiger partial charge on any atom is 0.387 e. The Morgan fingerprint density at radius 2 is 1.58 bits per heavy atom. The van der Waals surface area contributed by atoms with Gasteiger partial charge in [-0.05, 0) is 43.2 Å². The number of para-hydroxylation sites is 1. The third kappa shape index (κ3) is 5.66. The second-order valence-corrected chi connectivity index (χ2v) is 6.88. The summed E-state index contributed by atoms with van der Waals surface area (Å²) in [4.78, 5) is 25.8. The zero-order chi connectivity index (χ0) is 22.4. The van der Waals surface area contributed by atoms with Gasteiger partial charge in [0.2, 0.25) is 6.10 Å². The zero-order valence-corrected chi connectivity index (χ0v) is 17.0. The number of hydrogen-bond acceptors (Lipinski definition) is 4. The smallest absolute Gasteiger partial charge is 0.387 e. The van der Waals surface area contributed by atoms with Crippen molar-refractivity contribution in [2.24, 2.45) is 0 Å². The van der Waals surface area contributed by atoms with E-state index in [2.05, 4.69) is 10.1 Å². The van der Waals surface area contributed by atoms with Crippen molar-refractivity contribution >= 4 is 17.6 Å². The summed E-state index contributed by atoms with van der Waals surface area (Å²) in [5.41, 5.74) is 2.61. The van der Waals surface area contributed by atoms with Crippen LogP contribution in [0.2, 0.25) is 0 Å². The number of ether oxygens (including phenoxy) is 2. The van der Waals surface area contributed by atoms with E-state index < -0.39 is 24.6 Å². The summed E-state index contributed by atoms with van der Waals surface area (Å²) < 4.78 is 35.3. The number of benzene rings is 3. The molecule has 0 aromatic heterocycles. The van der Waals surface area contributed by atoms with Crippen molar-refractivity contribution in [1.29, 1.82) is 0 Å². The number of rotatable bonds is 7. The first-order valence-electron chi connectivity index (χ1n) is 9.53. The lowest BCUT2D eigenvalue weighted by molar-refractivity contribution is -0.125. The van der Waals surface area contributed by atoms with Crippen LogP contribution in [0.25, 0.3) is 0 Å². The standard InChI is InChI=1S/C24H21F2NO4/c1-15-12-13-16(2)19(14-15)27-22(28)21(17-8-4-3-5-9-17)31-23(29)18-10-6-7-11-20(18)30-24(25)26/h3-14,21,24H,1-2H3,(H,27,28). The number of carbonyl (C=O) groups excluding carboxylic acids is 2. The Hall–Kier alpha value is -3.74. The Balaban J connectivity index is 1.89. The predicted octanol–water partition coefficient (Wildman–Crippen LogP) is 5.44. The number of hydrogen-bond donors (Lipinski definition) is 1. The Kier molecular flexibility index (Phi) is 6.97. The molecular formula is C24H21F2NO4. The Labute approximate surface area is 178 Å². The number of carbonyl (C=O) groups is 2. The van der Waals surface area contributed by atoms with Gasteiger partial charge in [0.25, 0.3) is 5.91 Å². The molecule has 160 valence electrons. The fraction of sp³-hybridized carbons (Fsp3) is 0.167. The normalized spacial score (nSPS) is 11.6. The molecule has 5 nitrogen and oxygen atoms in total. The summed E-state index contributed by atoms with van der Waals surface area (Å²) in [5, 5.41) is 2.79. The van der Waals surface area contributed by atoms with Crippen LogP contribution in [-0.4, -0.2) is 18.5 Å². The van der Waals surface area contributed by atoms with Crippen molar-refractivity contribution in [3.8, 4) is 5.75 Å². The zero-order valence-electron chi connectivity index (χ0n) is 17.0. The second-order valence-electron chi connectivity index (χ2n) is 6.88. The summed E-state index contributed by atoms with van der Waals surface area (Å²) in [6.07, 6.45) is -1.30. The van der Waals surface area contributed by atoms with Crippen molar-refractivity contribution in [3.05, 3.63) is 95.1 Å². The number of nitrogens with one attached hydrogen (secondary N) is 1. The quantitative estimate of drug-likeness (QED) is 0.512. The van der Waals surface area contributed by atoms with Gasteiger partial charge in [-0.15, -0.1) is 0 Å². The molecule has 3 aromatic rings. The molecule has 1 atom stereocenters. The highest BCUT2D eigenvalue weighted by molar-refractivity contribution is 5.99. The largest absolute Gasteiger partial charge is 0.444 e. The predicted molar refractivity (Wildman–Crippen MR) is 112 cm³/mol. The molecule has 0 bridgehead atoms. The minimum atomic E-state index is -3.11. The van der Waals surface area contributed by atoms with E-state index in [0.717, 1.165) is 11.1 Å². The van der Waals surface area contributed by atoms with E-state index >= 15 is 0 Å². The summed E-state index contributed by atoms with van der Waals surface area (Å²) in [6, 6.07) is 19.5. The van der Waals surface area contributed by atoms with Crippen LogP contribution in [0, 0.1) is 13.8 Å². The van der Waals surface area contributed by atoms with E-state index in [0.29, 0.717) is 11.3 Å². The van der Waals surface area contributed by atoms with Crippen molar-refractivity contribution < 1.29 is 27.8 Å². The van der Waals surface area contributed by atoms with Crippen LogP contribution < -0.4 is 10.1 Å². The molecular weight excluding hydrogens is 404 g/mol. The number of anilines is 1. The molecule has 3 aromatic carbocycles. The lowest BCUT2D eigenvalue weighted by atomic mass is 10.1. The number of esters is 1. The van der Waals surface area contributed by atoms with Crippen LogP contribution in [0.5, 0.6) is 5.75 Å². The van der Waals surface area contributed by atoms with Gasteiger partial charge < -0.3 is 14.8 Å². The molecule has 0 spiro atoms. The van der Waals surface area contributed by atoms with Gasteiger partial charge in [-0.25, -0.2) is 4.79 Å². The molecule has 3 rings (SSSR count). The van der Waals surface area contributed by atoms with Crippen LogP contribution in [0.1, 0.15) is 33.2 Å². The third-order valence-electron chi connectivity index (χ3n) is 4.54. The molecule has 0 fully saturated rings. The van der Waals surface area contributed by atoms with Gasteiger partial charge >= 0.3 is 12.6 Å². The van der Waals surface area contributed by atoms with Gasteiger partial charge in [0.05, 0.1) is 0 Å². The maximum absolute atomic E-state index is 13.1. The van der Waals surface area contributed by atoms with Crippen molar-refractivity contribution in [3.63, 3.8) is 0 Å². The van der Waals surface area contributed by atoms with Crippen LogP contribution in [0.15, 0.2) is 72.8 Å². The molecule has 0 aliphatic heterocycles. The number of alkyl halides is 2. The van der Waals surface area contributed by atoms with E-state index in [1.54, 1.807) is 30.3 Å². The van der Waals surface area contributed by atoms with Crippen molar-refractivity contribution in [2.45, 2.75) is 26.6 Å². The summed E-state index contributed by atoms with van der Waals surface area (Å²) >= 11 is 0. The number of amides is 1. The molecule has 0 saturated heterocycles. The monoisotopic (exact) mass is 425 g/mol. The third-order valence-corrected chi connectivity index (χ3v) is 4.54. The minimum Gasteiger partial charge on any atom is -0.444 e. The van der Waals surface area contributed by atoms with Crippen LogP contribution in [0.3, 0.4) is 0 Å². The van der Waals surface area contributed by atoms with Gasteiger partial charge in [0.1, 0.15) is 11.3 Å². The van der Waals surface area contributed by atoms with Crippen molar-refractivity contribution in [2.75, 3.05) is 5.32 Å². The average Bonchev–Trinajstić information content (AvgIpc) is 2.75. The van der Waals surface area contributed by atoms with Gasteiger partial charge in [-0.1, -0.05) is 54.6 Å². The molecule has 0 aliphatic carbocycles. The number of halogens is 2. The first-order valence-corrected chi connectivity index (χ1v) is 9.53. The minimum absolute atomic E-state index is 0.205. The highest BCUT2D eigenvalue weighted by Crippen LogP contribution is 2.27. The molecule has 1 N–H and O–H groups in total. The first kappa shape index (κ1) is 22.0. The molecule has 0 heterocycles. The SMILES string of the molecule is Cc1ccc(C)c(NC(=O)C(OC(=O)c2ccccc2OC(F)F)c2ccccc2)c1. The van der Waals surface area contributed by atoms with E-state index in [1.807, 2.05) is 32.0 Å². The summed E-state index contributed by atoms with van der Waals surface area (Å²) in [6.45, 7) is 0.631. The van der Waals surface area contributed by atoms with Gasteiger partial charge in [0.15, 0.2) is 0 Å². The van der Waals surface area contributed by atoms with E-state index in [1.165, 1.54) is 24.3 Å². The molecule has 1 unspecified atom stereocenters. The van der Waals surface area contributed by atoms with E-state index in [-0.39, 0.29) is 11.3 Å². The van der Waals surface area contributed by atoms with Gasteiger partial charge in [0, 0.05) is 11.3 Å². The molecule has 0 aliphatic rings. The molecule has 7 heteroatoms. The summed E-state index contributed by atoms with van der Waals surface area (Å²) in [5.74, 6) is -1.86. The lowest BCUT2D eigenvalue weighted by Gasteiger charge is -2.20. The van der Waals surface area contributed by atoms with Gasteiger partial charge in [-0.2, -0.15) is 8.78 Å². The van der Waals surface area contributed by atoms with Crippen LogP contribution in [0.4, 0.5) is 14.5 Å².